The van der Waals surface area contributed by atoms with Crippen molar-refractivity contribution in [2.75, 3.05) is 13.1 Å². The number of carboxylic acids is 1. The molecule has 0 spiro atoms. The van der Waals surface area contributed by atoms with Gasteiger partial charge in [0.15, 0.2) is 0 Å². The van der Waals surface area contributed by atoms with Crippen molar-refractivity contribution in [3.05, 3.63) is 12.2 Å². The number of nitrogens with one attached hydrogen (secondary N) is 1. The van der Waals surface area contributed by atoms with E-state index in [0.29, 0.717) is 13.1 Å². The molecule has 0 rings (SSSR count). The van der Waals surface area contributed by atoms with Crippen molar-refractivity contribution in [3.8, 4) is 0 Å². The Morgan fingerprint density at radius 2 is 2.07 bits per heavy atom. The predicted octanol–water partition coefficient (Wildman–Crippen LogP) is 1.07. The number of hydrogen-bond acceptors (Lipinski definition) is 2. The summed E-state index contributed by atoms with van der Waals surface area (Å²) in [5.74, 6) is -1.05. The molecule has 0 aromatic rings. The highest BCUT2D eigenvalue weighted by Gasteiger charge is 2.17. The number of hydrogen-bond donors (Lipinski definition) is 2. The van der Waals surface area contributed by atoms with E-state index in [9.17, 15) is 9.59 Å². The number of aliphatic carboxylic acids is 1. The molecule has 86 valence electrons. The fourth-order valence-electron chi connectivity index (χ4n) is 0.991. The summed E-state index contributed by atoms with van der Waals surface area (Å²) in [6, 6.07) is -1.26. The lowest BCUT2D eigenvalue weighted by Crippen LogP contribution is -2.47. The first kappa shape index (κ1) is 13.5. The summed E-state index contributed by atoms with van der Waals surface area (Å²) >= 11 is 0. The van der Waals surface area contributed by atoms with E-state index in [2.05, 4.69) is 11.9 Å². The number of likely N-dealkylation sites (N-methyl/N-ethyl adjacent to an activating group) is 1. The summed E-state index contributed by atoms with van der Waals surface area (Å²) in [4.78, 5) is 23.6. The topological polar surface area (TPSA) is 69.6 Å². The molecule has 0 aromatic heterocycles. The van der Waals surface area contributed by atoms with Gasteiger partial charge in [-0.3, -0.25) is 4.79 Å². The van der Waals surface area contributed by atoms with Crippen LogP contribution in [-0.2, 0) is 4.79 Å². The minimum Gasteiger partial charge on any atom is -0.480 e. The molecule has 0 saturated heterocycles. The van der Waals surface area contributed by atoms with E-state index in [0.717, 1.165) is 5.57 Å². The molecule has 0 fully saturated rings. The summed E-state index contributed by atoms with van der Waals surface area (Å²) in [6.07, 6.45) is 0. The van der Waals surface area contributed by atoms with Crippen LogP contribution in [0.25, 0.3) is 0 Å². The van der Waals surface area contributed by atoms with E-state index >= 15 is 0 Å². The fraction of sp³-hybridized carbons (Fsp3) is 0.600. The molecule has 1 atom stereocenters. The molecule has 0 aliphatic heterocycles. The Balaban J connectivity index is 4.27. The first-order chi connectivity index (χ1) is 6.88. The average molecular weight is 214 g/mol. The summed E-state index contributed by atoms with van der Waals surface area (Å²) < 4.78 is 0. The highest BCUT2D eigenvalue weighted by Crippen LogP contribution is 1.97. The van der Waals surface area contributed by atoms with Crippen LogP contribution in [0.2, 0.25) is 0 Å². The van der Waals surface area contributed by atoms with E-state index in [4.69, 9.17) is 5.11 Å². The minimum atomic E-state index is -1.05. The van der Waals surface area contributed by atoms with Gasteiger partial charge in [0.1, 0.15) is 6.04 Å². The molecule has 0 aliphatic rings. The third-order valence-corrected chi connectivity index (χ3v) is 1.84. The van der Waals surface area contributed by atoms with Gasteiger partial charge in [0.05, 0.1) is 0 Å². The Morgan fingerprint density at radius 1 is 1.53 bits per heavy atom. The van der Waals surface area contributed by atoms with Crippen molar-refractivity contribution in [2.24, 2.45) is 0 Å². The van der Waals surface area contributed by atoms with Crippen LogP contribution in [0.3, 0.4) is 0 Å². The number of carbonyl (C=O) groups excluding carboxylic acids is 1. The molecule has 1 unspecified atom stereocenters. The smallest absolute Gasteiger partial charge is 0.325 e. The highest BCUT2D eigenvalue weighted by atomic mass is 16.4. The standard InChI is InChI=1S/C10H18N2O3/c1-5-12(6-7(2)3)10(15)11-8(4)9(13)14/h8H,2,5-6H2,1,3-4H3,(H,11,15)(H,13,14). The van der Waals surface area contributed by atoms with Gasteiger partial charge in [0.2, 0.25) is 0 Å². The van der Waals surface area contributed by atoms with Crippen molar-refractivity contribution in [1.82, 2.24) is 10.2 Å². The molecule has 0 heterocycles. The Bertz CT molecular complexity index is 263. The molecular formula is C10H18N2O3. The van der Waals surface area contributed by atoms with Crippen molar-refractivity contribution < 1.29 is 14.7 Å². The van der Waals surface area contributed by atoms with Crippen molar-refractivity contribution in [2.45, 2.75) is 26.8 Å². The Kier molecular flexibility index (Phi) is 5.44. The minimum absolute atomic E-state index is 0.379. The predicted molar refractivity (Wildman–Crippen MR) is 57.7 cm³/mol. The van der Waals surface area contributed by atoms with Gasteiger partial charge >= 0.3 is 12.0 Å². The number of urea groups is 1. The first-order valence-electron chi connectivity index (χ1n) is 4.81. The number of amides is 2. The maximum absolute atomic E-state index is 11.5. The number of rotatable bonds is 5. The summed E-state index contributed by atoms with van der Waals surface area (Å²) in [7, 11) is 0. The Hall–Kier alpha value is -1.52. The normalized spacial score (nSPS) is 11.7. The number of carbonyl (C=O) groups is 2. The van der Waals surface area contributed by atoms with E-state index in [1.54, 1.807) is 0 Å². The van der Waals surface area contributed by atoms with Gasteiger partial charge in [-0.2, -0.15) is 0 Å². The van der Waals surface area contributed by atoms with E-state index in [1.807, 2.05) is 13.8 Å². The van der Waals surface area contributed by atoms with Crippen LogP contribution >= 0.6 is 0 Å². The molecule has 0 aromatic carbocycles. The van der Waals surface area contributed by atoms with Crippen molar-refractivity contribution in [3.63, 3.8) is 0 Å². The van der Waals surface area contributed by atoms with Gasteiger partial charge in [0.25, 0.3) is 0 Å². The molecule has 0 radical (unpaired) electrons. The second-order valence-corrected chi connectivity index (χ2v) is 3.48. The lowest BCUT2D eigenvalue weighted by molar-refractivity contribution is -0.138. The van der Waals surface area contributed by atoms with Crippen LogP contribution in [0.5, 0.6) is 0 Å². The van der Waals surface area contributed by atoms with E-state index in [1.165, 1.54) is 11.8 Å². The van der Waals surface area contributed by atoms with Gasteiger partial charge in [-0.15, -0.1) is 0 Å². The van der Waals surface area contributed by atoms with Crippen LogP contribution in [0.4, 0.5) is 4.79 Å². The molecule has 0 saturated carbocycles. The monoisotopic (exact) mass is 214 g/mol. The largest absolute Gasteiger partial charge is 0.480 e. The summed E-state index contributed by atoms with van der Waals surface area (Å²) in [5, 5.41) is 11.0. The van der Waals surface area contributed by atoms with Crippen LogP contribution in [0, 0.1) is 0 Å². The zero-order valence-corrected chi connectivity index (χ0v) is 9.41. The zero-order chi connectivity index (χ0) is 12.0. The van der Waals surface area contributed by atoms with Gasteiger partial charge in [-0.25, -0.2) is 4.79 Å². The summed E-state index contributed by atoms with van der Waals surface area (Å²) in [5.41, 5.74) is 0.856. The molecule has 2 amide bonds. The van der Waals surface area contributed by atoms with Crippen molar-refractivity contribution >= 4 is 12.0 Å². The lowest BCUT2D eigenvalue weighted by Gasteiger charge is -2.22. The lowest BCUT2D eigenvalue weighted by atomic mass is 10.3. The van der Waals surface area contributed by atoms with Gasteiger partial charge in [-0.05, 0) is 20.8 Å². The third-order valence-electron chi connectivity index (χ3n) is 1.84. The van der Waals surface area contributed by atoms with Crippen LogP contribution in [-0.4, -0.2) is 41.1 Å². The van der Waals surface area contributed by atoms with Gasteiger partial charge in [0, 0.05) is 13.1 Å². The third kappa shape index (κ3) is 5.05. The number of carboxylic acid groups (broad SMARTS) is 1. The Morgan fingerprint density at radius 3 is 2.40 bits per heavy atom. The van der Waals surface area contributed by atoms with Crippen molar-refractivity contribution in [1.29, 1.82) is 0 Å². The fourth-order valence-corrected chi connectivity index (χ4v) is 0.991. The average Bonchev–Trinajstić information content (AvgIpc) is 2.13. The quantitative estimate of drug-likeness (QED) is 0.672. The van der Waals surface area contributed by atoms with Crippen LogP contribution < -0.4 is 5.32 Å². The zero-order valence-electron chi connectivity index (χ0n) is 9.41. The highest BCUT2D eigenvalue weighted by molar-refractivity contribution is 5.82. The van der Waals surface area contributed by atoms with Gasteiger partial charge in [-0.1, -0.05) is 12.2 Å². The molecule has 0 aliphatic carbocycles. The molecule has 2 N–H and O–H groups in total. The first-order valence-corrected chi connectivity index (χ1v) is 4.81. The maximum atomic E-state index is 11.5. The van der Waals surface area contributed by atoms with E-state index < -0.39 is 12.0 Å². The SMILES string of the molecule is C=C(C)CN(CC)C(=O)NC(C)C(=O)O. The molecule has 0 bridgehead atoms. The second kappa shape index (κ2) is 6.06. The van der Waals surface area contributed by atoms with Crippen LogP contribution in [0.15, 0.2) is 12.2 Å². The summed E-state index contributed by atoms with van der Waals surface area (Å²) in [6.45, 7) is 9.73. The molecular weight excluding hydrogens is 196 g/mol. The molecule has 5 heteroatoms. The maximum Gasteiger partial charge on any atom is 0.325 e. The number of nitrogens with zero attached hydrogens (tertiary/aromatic N) is 1. The van der Waals surface area contributed by atoms with Gasteiger partial charge < -0.3 is 15.3 Å². The van der Waals surface area contributed by atoms with E-state index in [-0.39, 0.29) is 6.03 Å². The molecule has 15 heavy (non-hydrogen) atoms. The second-order valence-electron chi connectivity index (χ2n) is 3.48. The van der Waals surface area contributed by atoms with Crippen LogP contribution in [0.1, 0.15) is 20.8 Å². The Labute approximate surface area is 89.8 Å². The molecule has 5 nitrogen and oxygen atoms in total.